The Morgan fingerprint density at radius 2 is 2.15 bits per heavy atom. The number of halogens is 1. The van der Waals surface area contributed by atoms with Gasteiger partial charge in [0.2, 0.25) is 0 Å². The largest absolute Gasteiger partial charge is 0.198 e. The fourth-order valence-corrected chi connectivity index (χ4v) is 1.20. The first-order valence-electron chi connectivity index (χ1n) is 4.06. The molecule has 1 aromatic carbocycles. The molecule has 0 aliphatic rings. The topological polar surface area (TPSA) is 23.8 Å². The number of nitriles is 1. The average Bonchev–Trinajstić information content (AvgIpc) is 2.17. The minimum Gasteiger partial charge on any atom is -0.198 e. The summed E-state index contributed by atoms with van der Waals surface area (Å²) in [6.45, 7) is 0. The number of hydrogen-bond donors (Lipinski definition) is 0. The van der Waals surface area contributed by atoms with Gasteiger partial charge in [-0.25, -0.2) is 0 Å². The number of alkyl halides is 1. The van der Waals surface area contributed by atoms with Crippen LogP contribution in [0.4, 0.5) is 0 Å². The molecule has 0 bridgehead atoms. The third-order valence-electron chi connectivity index (χ3n) is 1.71. The zero-order valence-corrected chi connectivity index (χ0v) is 7.96. The molecule has 2 heteroatoms. The van der Waals surface area contributed by atoms with E-state index >= 15 is 0 Å². The van der Waals surface area contributed by atoms with E-state index in [2.05, 4.69) is 6.07 Å². The number of nitrogens with zero attached hydrogens (tertiary/aromatic N) is 1. The van der Waals surface area contributed by atoms with Gasteiger partial charge < -0.3 is 0 Å². The molecule has 0 spiro atoms. The quantitative estimate of drug-likeness (QED) is 0.674. The lowest BCUT2D eigenvalue weighted by Crippen LogP contribution is -1.85. The molecular formula is C11H10ClN. The summed E-state index contributed by atoms with van der Waals surface area (Å²) in [5.74, 6) is 0.501. The smallest absolute Gasteiger partial charge is 0.0669 e. The molecule has 0 saturated heterocycles. The van der Waals surface area contributed by atoms with Gasteiger partial charge in [0, 0.05) is 5.88 Å². The summed E-state index contributed by atoms with van der Waals surface area (Å²) in [5.41, 5.74) is 2.12. The fraction of sp³-hybridized carbons (Fsp3) is 0.182. The van der Waals surface area contributed by atoms with Gasteiger partial charge in [-0.05, 0) is 11.1 Å². The average molecular weight is 192 g/mol. The number of allylic oxidation sites excluding steroid dienone is 1. The summed E-state index contributed by atoms with van der Waals surface area (Å²) in [6, 6.07) is 9.96. The van der Waals surface area contributed by atoms with E-state index in [4.69, 9.17) is 16.9 Å². The van der Waals surface area contributed by atoms with Crippen molar-refractivity contribution >= 4 is 17.7 Å². The molecule has 0 radical (unpaired) electrons. The molecule has 0 N–H and O–H groups in total. The van der Waals surface area contributed by atoms with Crippen LogP contribution >= 0.6 is 11.6 Å². The number of benzene rings is 1. The van der Waals surface area contributed by atoms with Crippen LogP contribution in [0, 0.1) is 11.3 Å². The van der Waals surface area contributed by atoms with Crippen molar-refractivity contribution in [2.75, 3.05) is 5.88 Å². The van der Waals surface area contributed by atoms with Crippen LogP contribution in [-0.2, 0) is 6.42 Å². The fourth-order valence-electron chi connectivity index (χ4n) is 1.11. The highest BCUT2D eigenvalue weighted by atomic mass is 35.5. The highest BCUT2D eigenvalue weighted by molar-refractivity contribution is 6.19. The van der Waals surface area contributed by atoms with Gasteiger partial charge in [0.1, 0.15) is 0 Å². The molecule has 0 aliphatic carbocycles. The molecule has 1 aromatic rings. The molecule has 0 atom stereocenters. The highest BCUT2D eigenvalue weighted by Gasteiger charge is 1.95. The van der Waals surface area contributed by atoms with Gasteiger partial charge in [0.15, 0.2) is 0 Å². The van der Waals surface area contributed by atoms with Crippen LogP contribution in [0.1, 0.15) is 11.1 Å². The van der Waals surface area contributed by atoms with Gasteiger partial charge in [-0.1, -0.05) is 36.4 Å². The first-order valence-corrected chi connectivity index (χ1v) is 4.59. The molecule has 0 aromatic heterocycles. The molecular weight excluding hydrogens is 182 g/mol. The molecule has 13 heavy (non-hydrogen) atoms. The lowest BCUT2D eigenvalue weighted by atomic mass is 10.1. The Bertz CT molecular complexity index is 336. The van der Waals surface area contributed by atoms with Gasteiger partial charge >= 0.3 is 0 Å². The van der Waals surface area contributed by atoms with Crippen LogP contribution < -0.4 is 0 Å². The zero-order valence-electron chi connectivity index (χ0n) is 7.20. The summed E-state index contributed by atoms with van der Waals surface area (Å²) in [5, 5.41) is 8.57. The van der Waals surface area contributed by atoms with Crippen molar-refractivity contribution in [3.05, 3.63) is 41.5 Å². The predicted octanol–water partition coefficient (Wildman–Crippen LogP) is 3.00. The number of rotatable bonds is 3. The van der Waals surface area contributed by atoms with Crippen molar-refractivity contribution in [1.82, 2.24) is 0 Å². The van der Waals surface area contributed by atoms with E-state index in [1.807, 2.05) is 36.4 Å². The molecule has 66 valence electrons. The van der Waals surface area contributed by atoms with E-state index in [0.717, 1.165) is 11.1 Å². The Kier molecular flexibility index (Phi) is 4.08. The van der Waals surface area contributed by atoms with Crippen LogP contribution in [0.25, 0.3) is 6.08 Å². The normalized spacial score (nSPS) is 10.2. The Hall–Kier alpha value is -1.26. The molecule has 0 saturated carbocycles. The maximum Gasteiger partial charge on any atom is 0.0669 e. The first-order chi connectivity index (χ1) is 6.38. The van der Waals surface area contributed by atoms with Crippen molar-refractivity contribution < 1.29 is 0 Å². The van der Waals surface area contributed by atoms with Crippen molar-refractivity contribution in [3.63, 3.8) is 0 Å². The van der Waals surface area contributed by atoms with Gasteiger partial charge in [0.25, 0.3) is 0 Å². The lowest BCUT2D eigenvalue weighted by molar-refractivity contribution is 1.25. The highest BCUT2D eigenvalue weighted by Crippen LogP contribution is 2.11. The minimum absolute atomic E-state index is 0.447. The standard InChI is InChI=1S/C11H10ClN/c12-8-3-6-10-4-1-2-5-11(10)7-9-13/h1-6H,7-8H2. The van der Waals surface area contributed by atoms with E-state index < -0.39 is 0 Å². The summed E-state index contributed by atoms with van der Waals surface area (Å²) >= 11 is 5.53. The second-order valence-electron chi connectivity index (χ2n) is 2.59. The van der Waals surface area contributed by atoms with Crippen LogP contribution in [0.2, 0.25) is 0 Å². The van der Waals surface area contributed by atoms with Gasteiger partial charge in [0.05, 0.1) is 12.5 Å². The van der Waals surface area contributed by atoms with E-state index in [1.165, 1.54) is 0 Å². The van der Waals surface area contributed by atoms with Crippen LogP contribution in [0.3, 0.4) is 0 Å². The Morgan fingerprint density at radius 3 is 2.85 bits per heavy atom. The molecule has 0 amide bonds. The first kappa shape index (κ1) is 9.83. The Balaban J connectivity index is 2.92. The number of hydrogen-bond acceptors (Lipinski definition) is 1. The second-order valence-corrected chi connectivity index (χ2v) is 2.90. The van der Waals surface area contributed by atoms with Crippen molar-refractivity contribution in [2.45, 2.75) is 6.42 Å². The maximum atomic E-state index is 8.57. The molecule has 0 aliphatic heterocycles. The van der Waals surface area contributed by atoms with Crippen LogP contribution in [-0.4, -0.2) is 5.88 Å². The van der Waals surface area contributed by atoms with Crippen molar-refractivity contribution in [1.29, 1.82) is 5.26 Å². The van der Waals surface area contributed by atoms with E-state index in [1.54, 1.807) is 0 Å². The summed E-state index contributed by atoms with van der Waals surface area (Å²) in [6.07, 6.45) is 4.26. The molecule has 1 rings (SSSR count). The van der Waals surface area contributed by atoms with Gasteiger partial charge in [-0.2, -0.15) is 5.26 Å². The lowest BCUT2D eigenvalue weighted by Gasteiger charge is -1.99. The molecule has 1 nitrogen and oxygen atoms in total. The summed E-state index contributed by atoms with van der Waals surface area (Å²) in [7, 11) is 0. The summed E-state index contributed by atoms with van der Waals surface area (Å²) < 4.78 is 0. The second kappa shape index (κ2) is 5.40. The minimum atomic E-state index is 0.447. The third-order valence-corrected chi connectivity index (χ3v) is 1.89. The zero-order chi connectivity index (χ0) is 9.52. The van der Waals surface area contributed by atoms with Crippen LogP contribution in [0.15, 0.2) is 30.3 Å². The van der Waals surface area contributed by atoms with E-state index in [9.17, 15) is 0 Å². The molecule has 0 heterocycles. The SMILES string of the molecule is N#CCc1ccccc1C=CCCl. The van der Waals surface area contributed by atoms with Gasteiger partial charge in [-0.15, -0.1) is 11.6 Å². The third kappa shape index (κ3) is 2.93. The van der Waals surface area contributed by atoms with Gasteiger partial charge in [-0.3, -0.25) is 0 Å². The van der Waals surface area contributed by atoms with Crippen molar-refractivity contribution in [3.8, 4) is 6.07 Å². The summed E-state index contributed by atoms with van der Waals surface area (Å²) in [4.78, 5) is 0. The molecule has 0 fully saturated rings. The van der Waals surface area contributed by atoms with Crippen molar-refractivity contribution in [2.24, 2.45) is 0 Å². The van der Waals surface area contributed by atoms with E-state index in [0.29, 0.717) is 12.3 Å². The Labute approximate surface area is 83.3 Å². The monoisotopic (exact) mass is 191 g/mol. The predicted molar refractivity (Wildman–Crippen MR) is 55.5 cm³/mol. The van der Waals surface area contributed by atoms with Crippen LogP contribution in [0.5, 0.6) is 0 Å². The molecule has 0 unspecified atom stereocenters. The Morgan fingerprint density at radius 1 is 1.38 bits per heavy atom. The maximum absolute atomic E-state index is 8.57. The van der Waals surface area contributed by atoms with E-state index in [-0.39, 0.29) is 0 Å².